The van der Waals surface area contributed by atoms with Crippen molar-refractivity contribution in [3.05, 3.63) is 29.4 Å². The lowest BCUT2D eigenvalue weighted by Gasteiger charge is -2.11. The predicted molar refractivity (Wildman–Crippen MR) is 91.3 cm³/mol. The van der Waals surface area contributed by atoms with Crippen LogP contribution in [-0.2, 0) is 11.3 Å². The molecule has 2 aromatic rings. The fourth-order valence-corrected chi connectivity index (χ4v) is 3.65. The van der Waals surface area contributed by atoms with Crippen molar-refractivity contribution in [1.82, 2.24) is 10.3 Å². The van der Waals surface area contributed by atoms with Crippen LogP contribution in [0.2, 0.25) is 0 Å². The number of nitrogens with one attached hydrogen (secondary N) is 1. The molecule has 1 atom stereocenters. The Labute approximate surface area is 140 Å². The Hall–Kier alpha value is -1.63. The summed E-state index contributed by atoms with van der Waals surface area (Å²) in [5.74, 6) is 1.48. The van der Waals surface area contributed by atoms with Gasteiger partial charge in [-0.15, -0.1) is 11.3 Å². The molecular weight excluding hydrogens is 312 g/mol. The second-order valence-corrected chi connectivity index (χ2v) is 6.54. The maximum absolute atomic E-state index is 5.61. The van der Waals surface area contributed by atoms with Crippen molar-refractivity contribution in [2.75, 3.05) is 27.4 Å². The van der Waals surface area contributed by atoms with E-state index in [2.05, 4.69) is 10.3 Å². The normalized spacial score (nSPS) is 17.4. The lowest BCUT2D eigenvalue weighted by Crippen LogP contribution is -2.25. The minimum Gasteiger partial charge on any atom is -0.493 e. The summed E-state index contributed by atoms with van der Waals surface area (Å²) < 4.78 is 16.5. The number of rotatable bonds is 7. The van der Waals surface area contributed by atoms with Crippen LogP contribution in [-0.4, -0.2) is 38.5 Å². The van der Waals surface area contributed by atoms with E-state index in [1.54, 1.807) is 25.6 Å². The van der Waals surface area contributed by atoms with Crippen LogP contribution >= 0.6 is 11.3 Å². The molecule has 0 amide bonds. The monoisotopic (exact) mass is 334 g/mol. The lowest BCUT2D eigenvalue weighted by molar-refractivity contribution is 0.110. The Morgan fingerprint density at radius 3 is 3.00 bits per heavy atom. The molecule has 6 heteroatoms. The first kappa shape index (κ1) is 16.2. The van der Waals surface area contributed by atoms with Crippen molar-refractivity contribution < 1.29 is 14.2 Å². The number of thiazole rings is 1. The van der Waals surface area contributed by atoms with Gasteiger partial charge >= 0.3 is 0 Å². The van der Waals surface area contributed by atoms with Crippen molar-refractivity contribution in [2.45, 2.75) is 25.5 Å². The maximum Gasteiger partial charge on any atom is 0.169 e. The van der Waals surface area contributed by atoms with E-state index < -0.39 is 0 Å². The van der Waals surface area contributed by atoms with E-state index >= 15 is 0 Å². The van der Waals surface area contributed by atoms with Crippen LogP contribution in [0.5, 0.6) is 11.5 Å². The summed E-state index contributed by atoms with van der Waals surface area (Å²) in [5.41, 5.74) is 1.01. The van der Waals surface area contributed by atoms with Crippen LogP contribution < -0.4 is 14.8 Å². The molecule has 0 radical (unpaired) electrons. The van der Waals surface area contributed by atoms with Crippen molar-refractivity contribution in [2.24, 2.45) is 0 Å². The summed E-state index contributed by atoms with van der Waals surface area (Å²) in [6.07, 6.45) is 4.57. The Morgan fingerprint density at radius 2 is 2.26 bits per heavy atom. The van der Waals surface area contributed by atoms with Gasteiger partial charge in [0, 0.05) is 31.5 Å². The van der Waals surface area contributed by atoms with Crippen LogP contribution in [0.1, 0.15) is 17.8 Å². The number of para-hydroxylation sites is 1. The highest BCUT2D eigenvalue weighted by Crippen LogP contribution is 2.39. The van der Waals surface area contributed by atoms with Gasteiger partial charge in [0.25, 0.3) is 0 Å². The molecule has 5 nitrogen and oxygen atoms in total. The summed E-state index contributed by atoms with van der Waals surface area (Å²) >= 11 is 1.67. The third-order valence-corrected chi connectivity index (χ3v) is 4.92. The van der Waals surface area contributed by atoms with Crippen molar-refractivity contribution >= 4 is 11.3 Å². The average Bonchev–Trinajstić information content (AvgIpc) is 3.26. The van der Waals surface area contributed by atoms with Gasteiger partial charge in [0.1, 0.15) is 5.01 Å². The molecule has 1 aromatic carbocycles. The van der Waals surface area contributed by atoms with Gasteiger partial charge in [-0.05, 0) is 25.0 Å². The fraction of sp³-hybridized carbons (Fsp3) is 0.471. The minimum atomic E-state index is 0.355. The van der Waals surface area contributed by atoms with E-state index in [1.165, 1.54) is 6.42 Å². The molecule has 0 spiro atoms. The van der Waals surface area contributed by atoms with Gasteiger partial charge in [-0.25, -0.2) is 4.98 Å². The van der Waals surface area contributed by atoms with Gasteiger partial charge in [0.15, 0.2) is 11.5 Å². The molecule has 1 unspecified atom stereocenters. The molecule has 1 aliphatic heterocycles. The van der Waals surface area contributed by atoms with E-state index in [-0.39, 0.29) is 0 Å². The molecule has 23 heavy (non-hydrogen) atoms. The summed E-state index contributed by atoms with van der Waals surface area (Å²) in [4.78, 5) is 5.58. The Kier molecular flexibility index (Phi) is 5.48. The molecule has 0 bridgehead atoms. The highest BCUT2D eigenvalue weighted by molar-refractivity contribution is 7.15. The van der Waals surface area contributed by atoms with Gasteiger partial charge in [-0.3, -0.25) is 0 Å². The topological polar surface area (TPSA) is 52.6 Å². The molecule has 1 aliphatic rings. The third kappa shape index (κ3) is 3.83. The lowest BCUT2D eigenvalue weighted by atomic mass is 10.1. The van der Waals surface area contributed by atoms with Crippen LogP contribution in [0.15, 0.2) is 24.4 Å². The van der Waals surface area contributed by atoms with Gasteiger partial charge < -0.3 is 19.5 Å². The standard InChI is InChI=1S/C17H22N2O3S/c1-20-14-7-3-6-13(17(14)21-2)15-10-19-16(23-15)11-18-9-12-5-4-8-22-12/h3,6-7,10,12,18H,4-5,8-9,11H2,1-2H3. The highest BCUT2D eigenvalue weighted by Gasteiger charge is 2.16. The fourth-order valence-electron chi connectivity index (χ4n) is 2.74. The molecule has 3 rings (SSSR count). The molecule has 0 aliphatic carbocycles. The zero-order valence-electron chi connectivity index (χ0n) is 13.5. The van der Waals surface area contributed by atoms with Crippen LogP contribution in [0.25, 0.3) is 10.4 Å². The zero-order chi connectivity index (χ0) is 16.1. The number of hydrogen-bond acceptors (Lipinski definition) is 6. The Morgan fingerprint density at radius 1 is 1.35 bits per heavy atom. The molecule has 1 saturated heterocycles. The van der Waals surface area contributed by atoms with E-state index in [0.29, 0.717) is 6.10 Å². The van der Waals surface area contributed by atoms with Crippen molar-refractivity contribution in [3.63, 3.8) is 0 Å². The Bertz CT molecular complexity index is 639. The van der Waals surface area contributed by atoms with Gasteiger partial charge in [-0.2, -0.15) is 0 Å². The van der Waals surface area contributed by atoms with E-state index in [0.717, 1.165) is 53.1 Å². The highest BCUT2D eigenvalue weighted by atomic mass is 32.1. The number of nitrogens with zero attached hydrogens (tertiary/aromatic N) is 1. The van der Waals surface area contributed by atoms with Crippen LogP contribution in [0.3, 0.4) is 0 Å². The summed E-state index contributed by atoms with van der Waals surface area (Å²) in [6, 6.07) is 5.89. The first-order valence-corrected chi connectivity index (χ1v) is 8.62. The maximum atomic E-state index is 5.61. The van der Waals surface area contributed by atoms with E-state index in [1.807, 2.05) is 24.4 Å². The molecule has 1 N–H and O–H groups in total. The van der Waals surface area contributed by atoms with E-state index in [9.17, 15) is 0 Å². The molecule has 124 valence electrons. The number of benzene rings is 1. The zero-order valence-corrected chi connectivity index (χ0v) is 14.3. The predicted octanol–water partition coefficient (Wildman–Crippen LogP) is 3.10. The van der Waals surface area contributed by atoms with Gasteiger partial charge in [-0.1, -0.05) is 6.07 Å². The largest absolute Gasteiger partial charge is 0.493 e. The van der Waals surface area contributed by atoms with E-state index in [4.69, 9.17) is 14.2 Å². The summed E-state index contributed by atoms with van der Waals surface area (Å²) in [5, 5.41) is 4.48. The quantitative estimate of drug-likeness (QED) is 0.843. The first-order valence-electron chi connectivity index (χ1n) is 7.80. The van der Waals surface area contributed by atoms with Crippen LogP contribution in [0.4, 0.5) is 0 Å². The number of methoxy groups -OCH3 is 2. The molecular formula is C17H22N2O3S. The van der Waals surface area contributed by atoms with Crippen molar-refractivity contribution in [1.29, 1.82) is 0 Å². The summed E-state index contributed by atoms with van der Waals surface area (Å²) in [6.45, 7) is 2.54. The first-order chi connectivity index (χ1) is 11.3. The smallest absolute Gasteiger partial charge is 0.169 e. The SMILES string of the molecule is COc1cccc(-c2cnc(CNCC3CCCO3)s2)c1OC. The minimum absolute atomic E-state index is 0.355. The van der Waals surface area contributed by atoms with Gasteiger partial charge in [0.2, 0.25) is 0 Å². The van der Waals surface area contributed by atoms with Gasteiger partial charge in [0.05, 0.1) is 25.2 Å². The number of hydrogen-bond donors (Lipinski definition) is 1. The van der Waals surface area contributed by atoms with Crippen LogP contribution in [0, 0.1) is 0 Å². The molecule has 1 aromatic heterocycles. The molecule has 2 heterocycles. The number of ether oxygens (including phenoxy) is 3. The summed E-state index contributed by atoms with van der Waals surface area (Å²) in [7, 11) is 3.31. The second kappa shape index (κ2) is 7.77. The third-order valence-electron chi connectivity index (χ3n) is 3.89. The Balaban J connectivity index is 1.66. The molecule has 1 fully saturated rings. The molecule has 0 saturated carbocycles. The number of aromatic nitrogens is 1. The average molecular weight is 334 g/mol. The van der Waals surface area contributed by atoms with Crippen molar-refractivity contribution in [3.8, 4) is 21.9 Å². The second-order valence-electron chi connectivity index (χ2n) is 5.43.